The number of halogens is 3. The number of carbonyl (C=O) groups is 2. The zero-order chi connectivity index (χ0) is 26.2. The number of carbonyl (C=O) groups excluding carboxylic acids is 2. The first-order valence-electron chi connectivity index (χ1n) is 11.0. The van der Waals surface area contributed by atoms with Gasteiger partial charge in [0.25, 0.3) is 5.91 Å². The number of amides is 2. The summed E-state index contributed by atoms with van der Waals surface area (Å²) in [7, 11) is 3.35. The van der Waals surface area contributed by atoms with Crippen molar-refractivity contribution in [1.82, 2.24) is 14.8 Å². The van der Waals surface area contributed by atoms with Crippen molar-refractivity contribution in [3.63, 3.8) is 0 Å². The van der Waals surface area contributed by atoms with Crippen LogP contribution in [0.4, 0.5) is 19.0 Å². The molecule has 35 heavy (non-hydrogen) atoms. The number of methoxy groups -OCH3 is 1. The molecule has 0 saturated carbocycles. The van der Waals surface area contributed by atoms with Crippen LogP contribution in [0.25, 0.3) is 0 Å². The summed E-state index contributed by atoms with van der Waals surface area (Å²) in [5, 5.41) is 14.3. The highest BCUT2D eigenvalue weighted by atomic mass is 19.4. The molecule has 2 amide bonds. The number of benzene rings is 1. The Morgan fingerprint density at radius 3 is 2.43 bits per heavy atom. The topological polar surface area (TPSA) is 99.4 Å². The first-order valence-corrected chi connectivity index (χ1v) is 11.0. The summed E-state index contributed by atoms with van der Waals surface area (Å²) in [6.45, 7) is 3.91. The summed E-state index contributed by atoms with van der Waals surface area (Å²) in [6, 6.07) is 8.29. The van der Waals surface area contributed by atoms with Gasteiger partial charge in [-0.05, 0) is 50.6 Å². The lowest BCUT2D eigenvalue weighted by atomic mass is 10.1. The second kappa shape index (κ2) is 12.4. The molecule has 1 aromatic heterocycles. The van der Waals surface area contributed by atoms with E-state index in [1.165, 1.54) is 12.1 Å². The Hall–Kier alpha value is -3.36. The van der Waals surface area contributed by atoms with Gasteiger partial charge in [0.1, 0.15) is 18.4 Å². The third-order valence-corrected chi connectivity index (χ3v) is 5.46. The van der Waals surface area contributed by atoms with Gasteiger partial charge in [-0.15, -0.1) is 0 Å². The van der Waals surface area contributed by atoms with Crippen LogP contribution in [0.15, 0.2) is 24.3 Å². The fourth-order valence-corrected chi connectivity index (χ4v) is 3.61. The maximum Gasteiger partial charge on any atom is 0.405 e. The highest BCUT2D eigenvalue weighted by Gasteiger charge is 2.28. The number of anilines is 1. The predicted octanol–water partition coefficient (Wildman–Crippen LogP) is 3.38. The van der Waals surface area contributed by atoms with Crippen LogP contribution < -0.4 is 10.6 Å². The molecular formula is C24H30F3N5O3. The van der Waals surface area contributed by atoms with Gasteiger partial charge in [0.2, 0.25) is 5.91 Å². The fraction of sp³-hybridized carbons (Fsp3) is 0.458. The smallest absolute Gasteiger partial charge is 0.385 e. The van der Waals surface area contributed by atoms with Crippen molar-refractivity contribution in [1.29, 1.82) is 5.26 Å². The molecule has 1 heterocycles. The third kappa shape index (κ3) is 8.12. The largest absolute Gasteiger partial charge is 0.405 e. The van der Waals surface area contributed by atoms with E-state index in [4.69, 9.17) is 4.74 Å². The van der Waals surface area contributed by atoms with Gasteiger partial charge in [0.05, 0.1) is 12.1 Å². The lowest BCUT2D eigenvalue weighted by molar-refractivity contribution is -0.123. The third-order valence-electron chi connectivity index (χ3n) is 5.46. The first-order chi connectivity index (χ1) is 16.5. The average Bonchev–Trinajstić information content (AvgIpc) is 3.01. The monoisotopic (exact) mass is 493 g/mol. The highest BCUT2D eigenvalue weighted by molar-refractivity contribution is 5.94. The van der Waals surface area contributed by atoms with E-state index in [0.717, 1.165) is 23.2 Å². The molecule has 0 radical (unpaired) electrons. The molecule has 0 aliphatic rings. The summed E-state index contributed by atoms with van der Waals surface area (Å²) in [6.07, 6.45) is -3.75. The Bertz CT molecular complexity index is 1070. The van der Waals surface area contributed by atoms with Crippen LogP contribution in [-0.2, 0) is 22.6 Å². The molecule has 0 unspecified atom stereocenters. The summed E-state index contributed by atoms with van der Waals surface area (Å²) in [5.74, 6) is -0.641. The van der Waals surface area contributed by atoms with Crippen LogP contribution in [0.1, 0.15) is 39.2 Å². The molecule has 0 saturated heterocycles. The van der Waals surface area contributed by atoms with Gasteiger partial charge >= 0.3 is 6.18 Å². The molecule has 0 aliphatic heterocycles. The average molecular weight is 494 g/mol. The quantitative estimate of drug-likeness (QED) is 0.468. The number of hydrogen-bond acceptors (Lipinski definition) is 5. The van der Waals surface area contributed by atoms with Crippen LogP contribution in [-0.4, -0.2) is 61.3 Å². The summed E-state index contributed by atoms with van der Waals surface area (Å²) in [4.78, 5) is 26.3. The van der Waals surface area contributed by atoms with Gasteiger partial charge in [-0.25, -0.2) is 0 Å². The molecule has 2 N–H and O–H groups in total. The normalized spacial score (nSPS) is 11.4. The predicted molar refractivity (Wildman–Crippen MR) is 125 cm³/mol. The lowest BCUT2D eigenvalue weighted by Gasteiger charge is -2.18. The van der Waals surface area contributed by atoms with E-state index < -0.39 is 18.6 Å². The zero-order valence-corrected chi connectivity index (χ0v) is 20.3. The second-order valence-corrected chi connectivity index (χ2v) is 8.26. The van der Waals surface area contributed by atoms with E-state index in [0.29, 0.717) is 31.1 Å². The van der Waals surface area contributed by atoms with Crippen LogP contribution in [0.2, 0.25) is 0 Å². The first kappa shape index (κ1) is 27.9. The molecule has 0 atom stereocenters. The van der Waals surface area contributed by atoms with Crippen molar-refractivity contribution in [2.45, 2.75) is 39.5 Å². The standard InChI is InChI=1S/C24H30F3N5O3/c1-16-17(2)32(10-5-11-35-4)22(20(16)12-28)30-21(33)14-31(3)13-18-6-8-19(9-7-18)23(34)29-15-24(25,26)27/h6-9H,5,10-11,13-15H2,1-4H3,(H,29,34)(H,30,33). The Kier molecular flexibility index (Phi) is 9.86. The van der Waals surface area contributed by atoms with Crippen molar-refractivity contribution in [2.24, 2.45) is 0 Å². The zero-order valence-electron chi connectivity index (χ0n) is 20.3. The van der Waals surface area contributed by atoms with Crippen molar-refractivity contribution in [2.75, 3.05) is 39.2 Å². The van der Waals surface area contributed by atoms with Gasteiger partial charge in [0, 0.05) is 38.1 Å². The van der Waals surface area contributed by atoms with Crippen LogP contribution in [0.3, 0.4) is 0 Å². The van der Waals surface area contributed by atoms with Crippen molar-refractivity contribution in [3.05, 3.63) is 52.2 Å². The molecule has 2 rings (SSSR count). The molecule has 0 bridgehead atoms. The number of aromatic nitrogens is 1. The minimum absolute atomic E-state index is 0.0417. The lowest BCUT2D eigenvalue weighted by Crippen LogP contribution is -2.33. The minimum atomic E-state index is -4.48. The van der Waals surface area contributed by atoms with Crippen molar-refractivity contribution in [3.8, 4) is 6.07 Å². The van der Waals surface area contributed by atoms with Crippen LogP contribution in [0, 0.1) is 25.2 Å². The molecular weight excluding hydrogens is 463 g/mol. The van der Waals surface area contributed by atoms with E-state index in [2.05, 4.69) is 11.4 Å². The van der Waals surface area contributed by atoms with E-state index >= 15 is 0 Å². The number of nitrogens with one attached hydrogen (secondary N) is 2. The molecule has 190 valence electrons. The molecule has 11 heteroatoms. The molecule has 0 spiro atoms. The Labute approximate surface area is 202 Å². The van der Waals surface area contributed by atoms with Gasteiger partial charge < -0.3 is 19.9 Å². The number of nitriles is 1. The van der Waals surface area contributed by atoms with Crippen molar-refractivity contribution < 1.29 is 27.5 Å². The second-order valence-electron chi connectivity index (χ2n) is 8.26. The number of hydrogen-bond donors (Lipinski definition) is 2. The van der Waals surface area contributed by atoms with E-state index in [1.54, 1.807) is 31.2 Å². The Balaban J connectivity index is 1.99. The number of alkyl halides is 3. The van der Waals surface area contributed by atoms with Gasteiger partial charge in [-0.2, -0.15) is 18.4 Å². The SMILES string of the molecule is COCCCn1c(C)c(C)c(C#N)c1NC(=O)CN(C)Cc1ccc(C(=O)NCC(F)(F)F)cc1. The summed E-state index contributed by atoms with van der Waals surface area (Å²) in [5.41, 5.74) is 3.03. The van der Waals surface area contributed by atoms with Gasteiger partial charge in [-0.1, -0.05) is 12.1 Å². The van der Waals surface area contributed by atoms with Crippen LogP contribution >= 0.6 is 0 Å². The minimum Gasteiger partial charge on any atom is -0.385 e. The van der Waals surface area contributed by atoms with E-state index in [-0.39, 0.29) is 18.0 Å². The van der Waals surface area contributed by atoms with Gasteiger partial charge in [0.15, 0.2) is 0 Å². The Morgan fingerprint density at radius 2 is 1.86 bits per heavy atom. The summed E-state index contributed by atoms with van der Waals surface area (Å²) < 4.78 is 43.8. The van der Waals surface area contributed by atoms with Crippen LogP contribution in [0.5, 0.6) is 0 Å². The highest BCUT2D eigenvalue weighted by Crippen LogP contribution is 2.26. The number of nitrogens with zero attached hydrogens (tertiary/aromatic N) is 3. The summed E-state index contributed by atoms with van der Waals surface area (Å²) >= 11 is 0. The van der Waals surface area contributed by atoms with Crippen molar-refractivity contribution >= 4 is 17.6 Å². The van der Waals surface area contributed by atoms with Gasteiger partial charge in [-0.3, -0.25) is 14.5 Å². The molecule has 0 fully saturated rings. The fourth-order valence-electron chi connectivity index (χ4n) is 3.61. The molecule has 0 aliphatic carbocycles. The molecule has 1 aromatic carbocycles. The van der Waals surface area contributed by atoms with E-state index in [9.17, 15) is 28.0 Å². The maximum absolute atomic E-state index is 12.7. The molecule has 8 nitrogen and oxygen atoms in total. The maximum atomic E-state index is 12.7. The number of likely N-dealkylation sites (N-methyl/N-ethyl adjacent to an activating group) is 1. The number of ether oxygens (including phenoxy) is 1. The molecule has 2 aromatic rings. The van der Waals surface area contributed by atoms with E-state index in [1.807, 2.05) is 23.7 Å². The Morgan fingerprint density at radius 1 is 1.20 bits per heavy atom. The number of rotatable bonds is 11.